The van der Waals surface area contributed by atoms with Gasteiger partial charge in [0.1, 0.15) is 6.07 Å². The van der Waals surface area contributed by atoms with Gasteiger partial charge in [-0.1, -0.05) is 5.92 Å². The second-order valence-corrected chi connectivity index (χ2v) is 1.13. The van der Waals surface area contributed by atoms with Crippen LogP contribution < -0.4 is 0 Å². The molecule has 0 aliphatic heterocycles. The molecule has 0 aromatic carbocycles. The molecule has 0 aliphatic carbocycles. The number of ether oxygens (including phenoxy) is 1. The van der Waals surface area contributed by atoms with Gasteiger partial charge in [0.2, 0.25) is 6.10 Å². The van der Waals surface area contributed by atoms with Crippen LogP contribution >= 0.6 is 0 Å². The Morgan fingerprint density at radius 3 is 2.62 bits per heavy atom. The summed E-state index contributed by atoms with van der Waals surface area (Å²) in [6.45, 7) is 2.28. The zero-order valence-corrected chi connectivity index (χ0v) is 4.72. The molecule has 0 fully saturated rings. The van der Waals surface area contributed by atoms with Gasteiger partial charge >= 0.3 is 0 Å². The molecule has 0 heterocycles. The Morgan fingerprint density at radius 2 is 2.50 bits per heavy atom. The van der Waals surface area contributed by atoms with E-state index in [-0.39, 0.29) is 0 Å². The van der Waals surface area contributed by atoms with Crippen molar-refractivity contribution in [1.29, 1.82) is 5.26 Å². The number of rotatable bonds is 2. The minimum atomic E-state index is -0.667. The van der Waals surface area contributed by atoms with Gasteiger partial charge in [-0.2, -0.15) is 5.26 Å². The third kappa shape index (κ3) is 2.23. The fourth-order valence-electron chi connectivity index (χ4n) is 0.289. The molecule has 1 atom stereocenters. The van der Waals surface area contributed by atoms with E-state index in [2.05, 4.69) is 5.92 Å². The molecule has 0 aromatic rings. The molecule has 0 rings (SSSR count). The van der Waals surface area contributed by atoms with Crippen LogP contribution in [0.25, 0.3) is 0 Å². The number of hydrogen-bond acceptors (Lipinski definition) is 2. The van der Waals surface area contributed by atoms with E-state index in [9.17, 15) is 0 Å². The van der Waals surface area contributed by atoms with Gasteiger partial charge in [-0.3, -0.25) is 0 Å². The zero-order valence-electron chi connectivity index (χ0n) is 4.72. The molecule has 0 spiro atoms. The molecule has 1 unspecified atom stereocenters. The highest BCUT2D eigenvalue weighted by Gasteiger charge is 1.96. The van der Waals surface area contributed by atoms with Crippen LogP contribution in [0.2, 0.25) is 0 Å². The van der Waals surface area contributed by atoms with Gasteiger partial charge in [0.15, 0.2) is 0 Å². The molecule has 0 amide bonds. The average molecular weight is 109 g/mol. The lowest BCUT2D eigenvalue weighted by Gasteiger charge is -1.96. The van der Waals surface area contributed by atoms with Gasteiger partial charge in [-0.25, -0.2) is 0 Å². The third-order valence-corrected chi connectivity index (χ3v) is 0.602. The molecule has 2 heteroatoms. The summed E-state index contributed by atoms with van der Waals surface area (Å²) in [7, 11) is 0. The van der Waals surface area contributed by atoms with Crippen LogP contribution in [0, 0.1) is 23.7 Å². The normalized spacial score (nSPS) is 11.4. The molecule has 0 bridgehead atoms. The van der Waals surface area contributed by atoms with Crippen molar-refractivity contribution < 1.29 is 4.74 Å². The first kappa shape index (κ1) is 7.01. The van der Waals surface area contributed by atoms with Crippen LogP contribution in [-0.4, -0.2) is 12.7 Å². The fraction of sp³-hybridized carbons (Fsp3) is 0.500. The largest absolute Gasteiger partial charge is 0.352 e. The van der Waals surface area contributed by atoms with E-state index in [4.69, 9.17) is 16.4 Å². The van der Waals surface area contributed by atoms with E-state index < -0.39 is 6.10 Å². The summed E-state index contributed by atoms with van der Waals surface area (Å²) in [5, 5.41) is 8.14. The second kappa shape index (κ2) is 4.18. The fourth-order valence-corrected chi connectivity index (χ4v) is 0.289. The Balaban J connectivity index is 3.46. The topological polar surface area (TPSA) is 33.0 Å². The van der Waals surface area contributed by atoms with Gasteiger partial charge in [0.25, 0.3) is 0 Å². The van der Waals surface area contributed by atoms with E-state index in [0.29, 0.717) is 6.61 Å². The minimum absolute atomic E-state index is 0.489. The second-order valence-electron chi connectivity index (χ2n) is 1.13. The van der Waals surface area contributed by atoms with E-state index in [1.54, 1.807) is 13.0 Å². The average Bonchev–Trinajstić information content (AvgIpc) is 1.83. The van der Waals surface area contributed by atoms with Gasteiger partial charge < -0.3 is 4.74 Å². The summed E-state index contributed by atoms with van der Waals surface area (Å²) >= 11 is 0. The lowest BCUT2D eigenvalue weighted by molar-refractivity contribution is 0.139. The van der Waals surface area contributed by atoms with E-state index in [1.807, 2.05) is 0 Å². The zero-order chi connectivity index (χ0) is 6.41. The lowest BCUT2D eigenvalue weighted by Crippen LogP contribution is -2.05. The maximum Gasteiger partial charge on any atom is 0.204 e. The molecular weight excluding hydrogens is 102 g/mol. The molecule has 0 aromatic heterocycles. The van der Waals surface area contributed by atoms with Crippen molar-refractivity contribution in [3.8, 4) is 18.4 Å². The molecular formula is C6H7NO. The van der Waals surface area contributed by atoms with Gasteiger partial charge in [-0.15, -0.1) is 6.42 Å². The van der Waals surface area contributed by atoms with Crippen LogP contribution in [0.4, 0.5) is 0 Å². The van der Waals surface area contributed by atoms with Gasteiger partial charge in [0, 0.05) is 6.61 Å². The van der Waals surface area contributed by atoms with Crippen molar-refractivity contribution in [3.05, 3.63) is 0 Å². The maximum absolute atomic E-state index is 8.14. The first-order chi connectivity index (χ1) is 3.85. The van der Waals surface area contributed by atoms with E-state index in [1.165, 1.54) is 0 Å². The summed E-state index contributed by atoms with van der Waals surface area (Å²) in [5.74, 6) is 2.17. The van der Waals surface area contributed by atoms with Crippen LogP contribution in [-0.2, 0) is 4.74 Å². The Morgan fingerprint density at radius 1 is 1.88 bits per heavy atom. The Kier molecular flexibility index (Phi) is 3.66. The highest BCUT2D eigenvalue weighted by Crippen LogP contribution is 1.84. The summed E-state index contributed by atoms with van der Waals surface area (Å²) < 4.78 is 4.74. The van der Waals surface area contributed by atoms with Crippen LogP contribution in [0.5, 0.6) is 0 Å². The molecule has 0 radical (unpaired) electrons. The van der Waals surface area contributed by atoms with Crippen molar-refractivity contribution in [1.82, 2.24) is 0 Å². The molecule has 0 N–H and O–H groups in total. The smallest absolute Gasteiger partial charge is 0.204 e. The molecule has 8 heavy (non-hydrogen) atoms. The van der Waals surface area contributed by atoms with Crippen molar-refractivity contribution in [2.45, 2.75) is 13.0 Å². The molecule has 0 aliphatic rings. The Hall–Kier alpha value is -0.990. The van der Waals surface area contributed by atoms with Crippen molar-refractivity contribution in [2.75, 3.05) is 6.61 Å². The predicted molar refractivity (Wildman–Crippen MR) is 29.9 cm³/mol. The predicted octanol–water partition coefficient (Wildman–Crippen LogP) is 0.548. The number of nitriles is 1. The van der Waals surface area contributed by atoms with Crippen molar-refractivity contribution >= 4 is 0 Å². The summed E-state index contributed by atoms with van der Waals surface area (Å²) in [6, 6.07) is 1.79. The van der Waals surface area contributed by atoms with E-state index in [0.717, 1.165) is 0 Å². The minimum Gasteiger partial charge on any atom is -0.352 e. The van der Waals surface area contributed by atoms with Gasteiger partial charge in [0.05, 0.1) is 0 Å². The number of nitrogens with zero attached hydrogens (tertiary/aromatic N) is 1. The maximum atomic E-state index is 8.14. The SMILES string of the molecule is C#CC(C#N)OCC. The van der Waals surface area contributed by atoms with Gasteiger partial charge in [-0.05, 0) is 6.92 Å². The monoisotopic (exact) mass is 109 g/mol. The quantitative estimate of drug-likeness (QED) is 0.485. The summed E-state index contributed by atoms with van der Waals surface area (Å²) in [4.78, 5) is 0. The van der Waals surface area contributed by atoms with Crippen molar-refractivity contribution in [3.63, 3.8) is 0 Å². The Bertz CT molecular complexity index is 114. The molecule has 0 saturated carbocycles. The molecule has 0 saturated heterocycles. The molecule has 2 nitrogen and oxygen atoms in total. The highest BCUT2D eigenvalue weighted by atomic mass is 16.5. The highest BCUT2D eigenvalue weighted by molar-refractivity contribution is 5.07. The van der Waals surface area contributed by atoms with Crippen molar-refractivity contribution in [2.24, 2.45) is 0 Å². The third-order valence-electron chi connectivity index (χ3n) is 0.602. The van der Waals surface area contributed by atoms with Crippen LogP contribution in [0.1, 0.15) is 6.92 Å². The first-order valence-electron chi connectivity index (χ1n) is 2.32. The lowest BCUT2D eigenvalue weighted by atomic mass is 10.4. The standard InChI is InChI=1S/C6H7NO/c1-3-6(5-7)8-4-2/h1,6H,4H2,2H3. The first-order valence-corrected chi connectivity index (χ1v) is 2.32. The summed E-state index contributed by atoms with van der Waals surface area (Å²) in [5.41, 5.74) is 0. The summed E-state index contributed by atoms with van der Waals surface area (Å²) in [6.07, 6.45) is 4.21. The number of hydrogen-bond donors (Lipinski definition) is 0. The van der Waals surface area contributed by atoms with E-state index >= 15 is 0 Å². The van der Waals surface area contributed by atoms with Crippen LogP contribution in [0.3, 0.4) is 0 Å². The molecule has 42 valence electrons. The Labute approximate surface area is 49.1 Å². The van der Waals surface area contributed by atoms with Crippen LogP contribution in [0.15, 0.2) is 0 Å². The number of terminal acetylenes is 1.